The van der Waals surface area contributed by atoms with E-state index in [0.717, 1.165) is 6.21 Å². The molecule has 0 spiro atoms. The smallest absolute Gasteiger partial charge is 0.343 e. The third kappa shape index (κ3) is 4.69. The average molecular weight is 445 g/mol. The van der Waals surface area contributed by atoms with Gasteiger partial charge in [-0.05, 0) is 30.3 Å². The molecule has 0 bridgehead atoms. The Morgan fingerprint density at radius 1 is 1.29 bits per heavy atom. The summed E-state index contributed by atoms with van der Waals surface area (Å²) in [5, 5.41) is 15.3. The largest absolute Gasteiger partial charge is 0.493 e. The molecular weight excluding hydrogens is 424 g/mol. The molecule has 0 fully saturated rings. The van der Waals surface area contributed by atoms with Gasteiger partial charge in [-0.3, -0.25) is 0 Å². The number of carbonyl (C=O) groups excluding carboxylic acids is 1. The van der Waals surface area contributed by atoms with Crippen LogP contribution in [0.25, 0.3) is 11.4 Å². The van der Waals surface area contributed by atoms with Crippen molar-refractivity contribution in [2.75, 3.05) is 31.9 Å². The lowest BCUT2D eigenvalue weighted by Gasteiger charge is -2.10. The number of esters is 1. The molecule has 0 saturated carbocycles. The van der Waals surface area contributed by atoms with Crippen molar-refractivity contribution in [3.8, 4) is 22.9 Å². The molecule has 162 valence electrons. The Kier molecular flexibility index (Phi) is 6.61. The lowest BCUT2D eigenvalue weighted by molar-refractivity contribution is -0.142. The van der Waals surface area contributed by atoms with Crippen LogP contribution in [0.5, 0.6) is 11.5 Å². The lowest BCUT2D eigenvalue weighted by atomic mass is 10.1. The van der Waals surface area contributed by atoms with Gasteiger partial charge in [0.05, 0.1) is 24.9 Å². The molecule has 1 heterocycles. The van der Waals surface area contributed by atoms with Gasteiger partial charge in [0.1, 0.15) is 0 Å². The number of aryl methyl sites for hydroxylation is 1. The zero-order valence-electron chi connectivity index (χ0n) is 17.1. The van der Waals surface area contributed by atoms with Gasteiger partial charge < -0.3 is 30.7 Å². The Hall–Kier alpha value is -3.79. The van der Waals surface area contributed by atoms with Crippen LogP contribution in [-0.2, 0) is 16.6 Å². The quantitative estimate of drug-likeness (QED) is 0.274. The van der Waals surface area contributed by atoms with E-state index in [9.17, 15) is 4.79 Å². The lowest BCUT2D eigenvalue weighted by Crippen LogP contribution is -2.12. The number of rotatable bonds is 8. The molecule has 3 aromatic rings. The van der Waals surface area contributed by atoms with Gasteiger partial charge >= 0.3 is 5.97 Å². The van der Waals surface area contributed by atoms with Crippen LogP contribution in [0, 0.1) is 5.41 Å². The van der Waals surface area contributed by atoms with E-state index in [-0.39, 0.29) is 6.61 Å². The molecule has 0 atom stereocenters. The fraction of sp³-hybridized carbons (Fsp3) is 0.200. The number of nitrogens with zero attached hydrogens (tertiary/aromatic N) is 3. The predicted molar refractivity (Wildman–Crippen MR) is 118 cm³/mol. The summed E-state index contributed by atoms with van der Waals surface area (Å²) in [4.78, 5) is 15.8. The average Bonchev–Trinajstić information content (AvgIpc) is 3.14. The summed E-state index contributed by atoms with van der Waals surface area (Å²) in [6.07, 6.45) is 1.10. The third-order valence-corrected chi connectivity index (χ3v) is 4.77. The van der Waals surface area contributed by atoms with Crippen molar-refractivity contribution in [3.63, 3.8) is 0 Å². The van der Waals surface area contributed by atoms with Gasteiger partial charge in [-0.2, -0.15) is 4.98 Å². The molecule has 31 heavy (non-hydrogen) atoms. The van der Waals surface area contributed by atoms with Gasteiger partial charge in [-0.15, -0.1) is 5.10 Å². The van der Waals surface area contributed by atoms with Gasteiger partial charge in [0, 0.05) is 30.1 Å². The molecule has 2 aromatic carbocycles. The van der Waals surface area contributed by atoms with E-state index in [0.29, 0.717) is 50.8 Å². The van der Waals surface area contributed by atoms with Gasteiger partial charge in [0.2, 0.25) is 5.95 Å². The van der Waals surface area contributed by atoms with E-state index in [1.807, 2.05) is 0 Å². The molecule has 3 rings (SSSR count). The fourth-order valence-corrected chi connectivity index (χ4v) is 2.98. The highest BCUT2D eigenvalue weighted by molar-refractivity contribution is 6.36. The standard InChI is InChI=1S/C20H21ClN6O4/c1-27-20(24-14-6-5-13(23)12(9-22)18(14)21)25-19(26-27)11-4-7-15(16(8-11)29-2)31-10-17(28)30-3/h4-9,22H,10,23H2,1-3H3,(H,24,25,26). The van der Waals surface area contributed by atoms with Crippen molar-refractivity contribution in [3.05, 3.63) is 40.9 Å². The number of hydrogen-bond acceptors (Lipinski definition) is 9. The summed E-state index contributed by atoms with van der Waals surface area (Å²) in [7, 11) is 4.51. The first-order chi connectivity index (χ1) is 14.9. The molecule has 1 aromatic heterocycles. The number of hydrogen-bond donors (Lipinski definition) is 3. The van der Waals surface area contributed by atoms with Crippen molar-refractivity contribution in [2.24, 2.45) is 7.05 Å². The summed E-state index contributed by atoms with van der Waals surface area (Å²) >= 11 is 6.35. The number of nitrogens with one attached hydrogen (secondary N) is 2. The number of halogens is 1. The number of aromatic nitrogens is 3. The number of ether oxygens (including phenoxy) is 3. The van der Waals surface area contributed by atoms with Gasteiger partial charge in [0.15, 0.2) is 23.9 Å². The van der Waals surface area contributed by atoms with Crippen molar-refractivity contribution < 1.29 is 19.0 Å². The minimum Gasteiger partial charge on any atom is -0.493 e. The number of benzene rings is 2. The highest BCUT2D eigenvalue weighted by atomic mass is 35.5. The van der Waals surface area contributed by atoms with Crippen LogP contribution in [0.15, 0.2) is 30.3 Å². The first-order valence-electron chi connectivity index (χ1n) is 9.02. The maximum atomic E-state index is 11.3. The molecular formula is C20H21ClN6O4. The van der Waals surface area contributed by atoms with Gasteiger partial charge in [0.25, 0.3) is 0 Å². The molecule has 4 N–H and O–H groups in total. The Labute approximate surface area is 183 Å². The maximum Gasteiger partial charge on any atom is 0.343 e. The molecule has 10 nitrogen and oxygen atoms in total. The van der Waals surface area contributed by atoms with Crippen molar-refractivity contribution in [1.82, 2.24) is 14.8 Å². The summed E-state index contributed by atoms with van der Waals surface area (Å²) in [5.74, 6) is 1.17. The molecule has 0 aliphatic carbocycles. The molecule has 0 amide bonds. The van der Waals surface area contributed by atoms with Crippen LogP contribution in [0.1, 0.15) is 5.56 Å². The van der Waals surface area contributed by atoms with E-state index in [1.54, 1.807) is 42.1 Å². The third-order valence-electron chi connectivity index (χ3n) is 4.36. The highest BCUT2D eigenvalue weighted by Gasteiger charge is 2.16. The minimum atomic E-state index is -0.499. The second-order valence-electron chi connectivity index (χ2n) is 6.31. The van der Waals surface area contributed by atoms with Crippen molar-refractivity contribution in [2.45, 2.75) is 0 Å². The van der Waals surface area contributed by atoms with Crippen molar-refractivity contribution >= 4 is 41.1 Å². The Morgan fingerprint density at radius 3 is 2.74 bits per heavy atom. The van der Waals surface area contributed by atoms with Crippen LogP contribution in [0.4, 0.5) is 17.3 Å². The summed E-state index contributed by atoms with van der Waals surface area (Å²) in [6.45, 7) is -0.234. The fourth-order valence-electron chi connectivity index (χ4n) is 2.71. The molecule has 0 unspecified atom stereocenters. The Morgan fingerprint density at radius 2 is 2.06 bits per heavy atom. The zero-order valence-corrected chi connectivity index (χ0v) is 17.9. The topological polar surface area (TPSA) is 137 Å². The number of carbonyl (C=O) groups is 1. The monoisotopic (exact) mass is 444 g/mol. The summed E-state index contributed by atoms with van der Waals surface area (Å²) in [5.41, 5.74) is 7.89. The predicted octanol–water partition coefficient (Wildman–Crippen LogP) is 3.02. The van der Waals surface area contributed by atoms with Gasteiger partial charge in [-0.1, -0.05) is 11.6 Å². The van der Waals surface area contributed by atoms with E-state index >= 15 is 0 Å². The van der Waals surface area contributed by atoms with Crippen LogP contribution >= 0.6 is 11.6 Å². The number of methoxy groups -OCH3 is 2. The van der Waals surface area contributed by atoms with Crippen LogP contribution < -0.4 is 20.5 Å². The van der Waals surface area contributed by atoms with Crippen LogP contribution in [-0.4, -0.2) is 47.8 Å². The zero-order chi connectivity index (χ0) is 22.5. The first kappa shape index (κ1) is 21.9. The molecule has 0 radical (unpaired) electrons. The molecule has 0 aliphatic heterocycles. The summed E-state index contributed by atoms with van der Waals surface area (Å²) in [6, 6.07) is 8.47. The van der Waals surface area contributed by atoms with E-state index < -0.39 is 5.97 Å². The molecule has 0 aliphatic rings. The second-order valence-corrected chi connectivity index (χ2v) is 6.69. The number of nitrogen functional groups attached to an aromatic ring is 1. The summed E-state index contributed by atoms with van der Waals surface area (Å²) < 4.78 is 16.9. The highest BCUT2D eigenvalue weighted by Crippen LogP contribution is 2.33. The molecule has 0 saturated heterocycles. The first-order valence-corrected chi connectivity index (χ1v) is 9.40. The van der Waals surface area contributed by atoms with E-state index in [2.05, 4.69) is 20.1 Å². The van der Waals surface area contributed by atoms with E-state index in [1.165, 1.54) is 14.2 Å². The normalized spacial score (nSPS) is 10.5. The van der Waals surface area contributed by atoms with Crippen molar-refractivity contribution in [1.29, 1.82) is 5.41 Å². The molecule has 11 heteroatoms. The Bertz CT molecular complexity index is 1130. The van der Waals surface area contributed by atoms with E-state index in [4.69, 9.17) is 32.2 Å². The minimum absolute atomic E-state index is 0.234. The van der Waals surface area contributed by atoms with Crippen LogP contribution in [0.3, 0.4) is 0 Å². The SMILES string of the molecule is COC(=O)COc1ccc(-c2nc(Nc3ccc(N)c(C=N)c3Cl)n(C)n2)cc1OC. The number of nitrogens with two attached hydrogens (primary N) is 1. The van der Waals surface area contributed by atoms with Gasteiger partial charge in [-0.25, -0.2) is 9.48 Å². The Balaban J connectivity index is 1.87. The maximum absolute atomic E-state index is 11.3. The van der Waals surface area contributed by atoms with Crippen LogP contribution in [0.2, 0.25) is 5.02 Å². The second kappa shape index (κ2) is 9.35. The number of anilines is 3.